The van der Waals surface area contributed by atoms with Gasteiger partial charge in [0.25, 0.3) is 0 Å². The van der Waals surface area contributed by atoms with E-state index in [1.807, 2.05) is 6.92 Å². The van der Waals surface area contributed by atoms with Gasteiger partial charge in [0.05, 0.1) is 30.5 Å². The van der Waals surface area contributed by atoms with E-state index in [0.717, 1.165) is 0 Å². The maximum absolute atomic E-state index is 11.0. The molecule has 0 aliphatic carbocycles. The van der Waals surface area contributed by atoms with E-state index in [1.54, 1.807) is 0 Å². The lowest BCUT2D eigenvalue weighted by molar-refractivity contribution is -0.118. The smallest absolute Gasteiger partial charge is 0.234 e. The third-order valence-corrected chi connectivity index (χ3v) is 4.97. The molecule has 1 amide bonds. The maximum Gasteiger partial charge on any atom is 0.234 e. The van der Waals surface area contributed by atoms with Crippen molar-refractivity contribution in [3.8, 4) is 0 Å². The highest BCUT2D eigenvalue weighted by Gasteiger charge is 2.14. The van der Waals surface area contributed by atoms with Crippen LogP contribution >= 0.6 is 11.6 Å². The minimum Gasteiger partial charge on any atom is -0.393 e. The summed E-state index contributed by atoms with van der Waals surface area (Å²) in [5, 5.41) is 51.7. The first kappa shape index (κ1) is 26.6. The molecule has 162 valence electrons. The molecule has 27 heavy (non-hydrogen) atoms. The van der Waals surface area contributed by atoms with Gasteiger partial charge in [0.2, 0.25) is 5.91 Å². The van der Waals surface area contributed by atoms with E-state index < -0.39 is 24.4 Å². The average molecular weight is 412 g/mol. The number of amides is 1. The first-order chi connectivity index (χ1) is 12.8. The molecular weight excluding hydrogens is 374 g/mol. The second-order valence-corrected chi connectivity index (χ2v) is 7.53. The molecule has 0 aromatic carbocycles. The van der Waals surface area contributed by atoms with Crippen LogP contribution in [-0.4, -0.2) is 74.4 Å². The minimum absolute atomic E-state index is 0.102. The van der Waals surface area contributed by atoms with Gasteiger partial charge in [0.1, 0.15) is 5.88 Å². The van der Waals surface area contributed by atoms with Crippen LogP contribution in [-0.2, 0) is 4.79 Å². The fourth-order valence-electron chi connectivity index (χ4n) is 2.75. The van der Waals surface area contributed by atoms with Gasteiger partial charge in [-0.05, 0) is 64.2 Å². The molecule has 0 saturated carbocycles. The number of aliphatic hydroxyl groups is 5. The van der Waals surface area contributed by atoms with E-state index >= 15 is 0 Å². The van der Waals surface area contributed by atoms with E-state index in [9.17, 15) is 30.3 Å². The Morgan fingerprint density at radius 1 is 0.704 bits per heavy atom. The Hall–Kier alpha value is -0.440. The first-order valence-electron chi connectivity index (χ1n) is 10.0. The summed E-state index contributed by atoms with van der Waals surface area (Å²) in [7, 11) is 0. The Balaban J connectivity index is 3.72. The summed E-state index contributed by atoms with van der Waals surface area (Å²) in [5.74, 6) is -0.376. The zero-order valence-electron chi connectivity index (χ0n) is 16.4. The standard InChI is InChI=1S/C19H38ClNO6/c1-2-14(22)3-4-15(23)5-6-16(24)7-8-17(25)9-10-18(26)11-12-21-19(27)13-20/h14-18,22-26H,2-13H2,1H3,(H,21,27). The Morgan fingerprint density at radius 2 is 1.04 bits per heavy atom. The van der Waals surface area contributed by atoms with Crippen molar-refractivity contribution in [2.24, 2.45) is 0 Å². The van der Waals surface area contributed by atoms with Crippen LogP contribution in [0.2, 0.25) is 0 Å². The quantitative estimate of drug-likeness (QED) is 0.198. The number of alkyl halides is 1. The molecule has 0 aliphatic rings. The predicted octanol–water partition coefficient (Wildman–Crippen LogP) is 1.07. The Bertz CT molecular complexity index is 374. The van der Waals surface area contributed by atoms with Crippen LogP contribution in [0.4, 0.5) is 0 Å². The molecule has 0 spiro atoms. The highest BCUT2D eigenvalue weighted by Crippen LogP contribution is 2.15. The largest absolute Gasteiger partial charge is 0.393 e. The molecule has 5 unspecified atom stereocenters. The molecule has 0 fully saturated rings. The molecule has 0 radical (unpaired) electrons. The van der Waals surface area contributed by atoms with Crippen molar-refractivity contribution in [2.45, 2.75) is 102 Å². The summed E-state index contributed by atoms with van der Waals surface area (Å²) in [5.41, 5.74) is 0. The number of hydrogen-bond acceptors (Lipinski definition) is 6. The number of carbonyl (C=O) groups excluding carboxylic acids is 1. The van der Waals surface area contributed by atoms with E-state index in [0.29, 0.717) is 70.8 Å². The third kappa shape index (κ3) is 16.2. The lowest BCUT2D eigenvalue weighted by Crippen LogP contribution is -2.28. The Kier molecular flexibility index (Phi) is 16.2. The van der Waals surface area contributed by atoms with Gasteiger partial charge in [-0.2, -0.15) is 0 Å². The van der Waals surface area contributed by atoms with Gasteiger partial charge in [-0.15, -0.1) is 11.6 Å². The second kappa shape index (κ2) is 16.5. The van der Waals surface area contributed by atoms with E-state index in [-0.39, 0.29) is 17.9 Å². The molecule has 0 bridgehead atoms. The van der Waals surface area contributed by atoms with Crippen LogP contribution in [0.25, 0.3) is 0 Å². The summed E-state index contributed by atoms with van der Waals surface area (Å²) in [6.45, 7) is 2.24. The molecule has 0 aliphatic heterocycles. The summed E-state index contributed by atoms with van der Waals surface area (Å²) >= 11 is 5.35. The van der Waals surface area contributed by atoms with Gasteiger partial charge in [-0.1, -0.05) is 6.92 Å². The molecule has 0 saturated heterocycles. The Labute approximate surface area is 167 Å². The zero-order chi connectivity index (χ0) is 20.7. The number of halogens is 1. The monoisotopic (exact) mass is 411 g/mol. The Morgan fingerprint density at radius 3 is 1.37 bits per heavy atom. The summed E-state index contributed by atoms with van der Waals surface area (Å²) in [4.78, 5) is 11.0. The van der Waals surface area contributed by atoms with Gasteiger partial charge in [0.15, 0.2) is 0 Å². The van der Waals surface area contributed by atoms with Crippen LogP contribution < -0.4 is 5.32 Å². The number of rotatable bonds is 17. The normalized spacial score (nSPS) is 17.1. The topological polar surface area (TPSA) is 130 Å². The molecule has 0 aromatic rings. The van der Waals surface area contributed by atoms with Gasteiger partial charge in [0, 0.05) is 6.54 Å². The number of hydrogen-bond donors (Lipinski definition) is 6. The van der Waals surface area contributed by atoms with Crippen molar-refractivity contribution in [3.63, 3.8) is 0 Å². The van der Waals surface area contributed by atoms with Crippen LogP contribution in [0.1, 0.15) is 71.1 Å². The number of carbonyl (C=O) groups is 1. The van der Waals surface area contributed by atoms with Crippen molar-refractivity contribution in [3.05, 3.63) is 0 Å². The highest BCUT2D eigenvalue weighted by molar-refractivity contribution is 6.27. The summed E-state index contributed by atoms with van der Waals surface area (Å²) < 4.78 is 0. The van der Waals surface area contributed by atoms with Crippen molar-refractivity contribution in [2.75, 3.05) is 12.4 Å². The molecule has 8 heteroatoms. The molecule has 7 nitrogen and oxygen atoms in total. The molecule has 0 aromatic heterocycles. The van der Waals surface area contributed by atoms with Crippen LogP contribution in [0, 0.1) is 0 Å². The van der Waals surface area contributed by atoms with E-state index in [4.69, 9.17) is 11.6 Å². The van der Waals surface area contributed by atoms with Gasteiger partial charge in [-0.3, -0.25) is 4.79 Å². The van der Waals surface area contributed by atoms with Gasteiger partial charge < -0.3 is 30.8 Å². The fourth-order valence-corrected chi connectivity index (χ4v) is 2.84. The fraction of sp³-hybridized carbons (Fsp3) is 0.947. The van der Waals surface area contributed by atoms with Gasteiger partial charge >= 0.3 is 0 Å². The van der Waals surface area contributed by atoms with Crippen molar-refractivity contribution < 1.29 is 30.3 Å². The number of aliphatic hydroxyl groups excluding tert-OH is 5. The van der Waals surface area contributed by atoms with Crippen LogP contribution in [0.3, 0.4) is 0 Å². The van der Waals surface area contributed by atoms with Crippen molar-refractivity contribution >= 4 is 17.5 Å². The maximum atomic E-state index is 11.0. The average Bonchev–Trinajstić information content (AvgIpc) is 2.66. The van der Waals surface area contributed by atoms with Crippen LogP contribution in [0.15, 0.2) is 0 Å². The molecule has 6 N–H and O–H groups in total. The van der Waals surface area contributed by atoms with E-state index in [2.05, 4.69) is 5.32 Å². The lowest BCUT2D eigenvalue weighted by atomic mass is 9.98. The number of nitrogens with one attached hydrogen (secondary N) is 1. The highest BCUT2D eigenvalue weighted by atomic mass is 35.5. The van der Waals surface area contributed by atoms with E-state index in [1.165, 1.54) is 0 Å². The third-order valence-electron chi connectivity index (χ3n) is 4.72. The lowest BCUT2D eigenvalue weighted by Gasteiger charge is -2.18. The SMILES string of the molecule is CCC(O)CCC(O)CCC(O)CCC(O)CCC(O)CCNC(=O)CCl. The summed E-state index contributed by atoms with van der Waals surface area (Å²) in [6, 6.07) is 0. The van der Waals surface area contributed by atoms with Crippen molar-refractivity contribution in [1.29, 1.82) is 0 Å². The second-order valence-electron chi connectivity index (χ2n) is 7.26. The van der Waals surface area contributed by atoms with Crippen LogP contribution in [0.5, 0.6) is 0 Å². The first-order valence-corrected chi connectivity index (χ1v) is 10.5. The minimum atomic E-state index is -0.603. The predicted molar refractivity (Wildman–Crippen MR) is 106 cm³/mol. The van der Waals surface area contributed by atoms with Crippen molar-refractivity contribution in [1.82, 2.24) is 5.32 Å². The molecule has 0 rings (SSSR count). The summed E-state index contributed by atoms with van der Waals surface area (Å²) in [6.07, 6.45) is 2.11. The van der Waals surface area contributed by atoms with Gasteiger partial charge in [-0.25, -0.2) is 0 Å². The molecule has 5 atom stereocenters. The zero-order valence-corrected chi connectivity index (χ0v) is 17.2. The molecular formula is C19H38ClNO6. The molecule has 0 heterocycles.